The zero-order chi connectivity index (χ0) is 17.6. The summed E-state index contributed by atoms with van der Waals surface area (Å²) in [6.07, 6.45) is 3.21. The molecular formula is C17H15ClN4O2S. The number of benzene rings is 1. The van der Waals surface area contributed by atoms with Gasteiger partial charge in [-0.05, 0) is 42.5 Å². The number of halogens is 1. The first-order valence-electron chi connectivity index (χ1n) is 7.41. The van der Waals surface area contributed by atoms with E-state index in [-0.39, 0.29) is 12.0 Å². The Morgan fingerprint density at radius 3 is 2.56 bits per heavy atom. The van der Waals surface area contributed by atoms with Gasteiger partial charge in [0, 0.05) is 30.0 Å². The van der Waals surface area contributed by atoms with Crippen molar-refractivity contribution in [1.29, 1.82) is 0 Å². The van der Waals surface area contributed by atoms with Crippen LogP contribution in [0.25, 0.3) is 0 Å². The SMILES string of the molecule is CN(Cc1ccc(Cl)s1)C(=O)Nc1ccc(Oc2ncccn2)cc1. The maximum Gasteiger partial charge on any atom is 0.321 e. The maximum absolute atomic E-state index is 12.2. The number of rotatable bonds is 5. The van der Waals surface area contributed by atoms with E-state index < -0.39 is 0 Å². The third-order valence-electron chi connectivity index (χ3n) is 3.23. The van der Waals surface area contributed by atoms with Gasteiger partial charge in [-0.2, -0.15) is 0 Å². The number of nitrogens with one attached hydrogen (secondary N) is 1. The van der Waals surface area contributed by atoms with E-state index in [1.165, 1.54) is 11.3 Å². The van der Waals surface area contributed by atoms with Gasteiger partial charge in [0.15, 0.2) is 0 Å². The summed E-state index contributed by atoms with van der Waals surface area (Å²) in [6.45, 7) is 0.496. The fourth-order valence-electron chi connectivity index (χ4n) is 2.01. The number of thiophene rings is 1. The van der Waals surface area contributed by atoms with Crippen molar-refractivity contribution in [2.45, 2.75) is 6.54 Å². The lowest BCUT2D eigenvalue weighted by atomic mass is 10.3. The minimum absolute atomic E-state index is 0.204. The van der Waals surface area contributed by atoms with E-state index in [9.17, 15) is 4.79 Å². The minimum Gasteiger partial charge on any atom is -0.424 e. The van der Waals surface area contributed by atoms with Gasteiger partial charge in [0.05, 0.1) is 10.9 Å². The molecule has 1 N–H and O–H groups in total. The molecule has 8 heteroatoms. The molecule has 128 valence electrons. The highest BCUT2D eigenvalue weighted by atomic mass is 35.5. The van der Waals surface area contributed by atoms with Gasteiger partial charge in [0.2, 0.25) is 0 Å². The number of hydrogen-bond donors (Lipinski definition) is 1. The highest BCUT2D eigenvalue weighted by Crippen LogP contribution is 2.23. The molecule has 2 heterocycles. The quantitative estimate of drug-likeness (QED) is 0.706. The third-order valence-corrected chi connectivity index (χ3v) is 4.44. The lowest BCUT2D eigenvalue weighted by Crippen LogP contribution is -2.30. The molecule has 0 bridgehead atoms. The molecule has 0 atom stereocenters. The van der Waals surface area contributed by atoms with Gasteiger partial charge in [0.1, 0.15) is 5.75 Å². The molecule has 6 nitrogen and oxygen atoms in total. The molecule has 0 aliphatic heterocycles. The minimum atomic E-state index is -0.204. The zero-order valence-electron chi connectivity index (χ0n) is 13.3. The molecule has 2 amide bonds. The second-order valence-electron chi connectivity index (χ2n) is 5.15. The number of ether oxygens (including phenoxy) is 1. The van der Waals surface area contributed by atoms with Crippen LogP contribution in [0.3, 0.4) is 0 Å². The van der Waals surface area contributed by atoms with Gasteiger partial charge in [-0.25, -0.2) is 14.8 Å². The first kappa shape index (κ1) is 17.2. The number of amides is 2. The van der Waals surface area contributed by atoms with Crippen molar-refractivity contribution in [2.75, 3.05) is 12.4 Å². The molecule has 0 spiro atoms. The van der Waals surface area contributed by atoms with Crippen LogP contribution in [-0.4, -0.2) is 27.9 Å². The van der Waals surface area contributed by atoms with Gasteiger partial charge in [-0.15, -0.1) is 11.3 Å². The number of nitrogens with zero attached hydrogens (tertiary/aromatic N) is 3. The molecule has 0 radical (unpaired) electrons. The van der Waals surface area contributed by atoms with Gasteiger partial charge in [-0.1, -0.05) is 11.6 Å². The Morgan fingerprint density at radius 2 is 1.92 bits per heavy atom. The fraction of sp³-hybridized carbons (Fsp3) is 0.118. The van der Waals surface area contributed by atoms with Crippen molar-refractivity contribution in [3.8, 4) is 11.8 Å². The van der Waals surface area contributed by atoms with Crippen LogP contribution in [0.15, 0.2) is 54.9 Å². The molecule has 3 aromatic rings. The molecule has 3 rings (SSSR count). The van der Waals surface area contributed by atoms with Crippen molar-refractivity contribution >= 4 is 34.7 Å². The van der Waals surface area contributed by atoms with Crippen molar-refractivity contribution in [3.63, 3.8) is 0 Å². The van der Waals surface area contributed by atoms with E-state index in [4.69, 9.17) is 16.3 Å². The Labute approximate surface area is 154 Å². The molecule has 1 aromatic carbocycles. The standard InChI is InChI=1S/C17H15ClN4O2S/c1-22(11-14-7-8-15(18)25-14)17(23)21-12-3-5-13(6-4-12)24-16-19-9-2-10-20-16/h2-10H,11H2,1H3,(H,21,23). The first-order valence-corrected chi connectivity index (χ1v) is 8.61. The molecule has 0 saturated heterocycles. The van der Waals surface area contributed by atoms with E-state index in [1.54, 1.807) is 54.7 Å². The summed E-state index contributed by atoms with van der Waals surface area (Å²) in [5, 5.41) is 2.83. The third kappa shape index (κ3) is 4.91. The molecule has 0 saturated carbocycles. The molecule has 0 fully saturated rings. The van der Waals surface area contributed by atoms with Crippen molar-refractivity contribution in [1.82, 2.24) is 14.9 Å². The number of urea groups is 1. The fourth-order valence-corrected chi connectivity index (χ4v) is 3.15. The van der Waals surface area contributed by atoms with E-state index in [1.807, 2.05) is 12.1 Å². The molecular weight excluding hydrogens is 360 g/mol. The molecule has 2 aromatic heterocycles. The van der Waals surface area contributed by atoms with Crippen LogP contribution in [0.1, 0.15) is 4.88 Å². The number of aromatic nitrogens is 2. The summed E-state index contributed by atoms with van der Waals surface area (Å²) in [5.41, 5.74) is 0.669. The van der Waals surface area contributed by atoms with Gasteiger partial charge in [0.25, 0.3) is 0 Å². The van der Waals surface area contributed by atoms with Crippen LogP contribution < -0.4 is 10.1 Å². The van der Waals surface area contributed by atoms with Gasteiger partial charge in [-0.3, -0.25) is 0 Å². The Balaban J connectivity index is 1.56. The average molecular weight is 375 g/mol. The van der Waals surface area contributed by atoms with Crippen molar-refractivity contribution in [2.24, 2.45) is 0 Å². The predicted octanol–water partition coefficient (Wildman–Crippen LogP) is 4.65. The number of hydrogen-bond acceptors (Lipinski definition) is 5. The summed E-state index contributed by atoms with van der Waals surface area (Å²) in [7, 11) is 1.73. The first-order chi connectivity index (χ1) is 12.1. The van der Waals surface area contributed by atoms with Crippen LogP contribution in [0.2, 0.25) is 4.34 Å². The number of carbonyl (C=O) groups is 1. The van der Waals surface area contributed by atoms with Crippen LogP contribution in [0.4, 0.5) is 10.5 Å². The number of carbonyl (C=O) groups excluding carboxylic acids is 1. The Kier molecular flexibility index (Phi) is 5.47. The summed E-state index contributed by atoms with van der Waals surface area (Å²) in [6, 6.07) is 12.5. The zero-order valence-corrected chi connectivity index (χ0v) is 14.9. The average Bonchev–Trinajstić information content (AvgIpc) is 3.02. The molecule has 0 aliphatic carbocycles. The smallest absolute Gasteiger partial charge is 0.321 e. The van der Waals surface area contributed by atoms with Crippen molar-refractivity contribution in [3.05, 3.63) is 64.1 Å². The monoisotopic (exact) mass is 374 g/mol. The number of anilines is 1. The van der Waals surface area contributed by atoms with Gasteiger partial charge >= 0.3 is 12.0 Å². The normalized spacial score (nSPS) is 10.3. The van der Waals surface area contributed by atoms with E-state index in [0.29, 0.717) is 22.3 Å². The van der Waals surface area contributed by atoms with Gasteiger partial charge < -0.3 is 15.0 Å². The second kappa shape index (κ2) is 7.96. The maximum atomic E-state index is 12.2. The Hall–Kier alpha value is -2.64. The van der Waals surface area contributed by atoms with Crippen molar-refractivity contribution < 1.29 is 9.53 Å². The van der Waals surface area contributed by atoms with E-state index in [2.05, 4.69) is 15.3 Å². The molecule has 0 aliphatic rings. The second-order valence-corrected chi connectivity index (χ2v) is 6.95. The highest BCUT2D eigenvalue weighted by molar-refractivity contribution is 7.16. The van der Waals surface area contributed by atoms with Crippen LogP contribution >= 0.6 is 22.9 Å². The molecule has 25 heavy (non-hydrogen) atoms. The van der Waals surface area contributed by atoms with Crippen LogP contribution in [0, 0.1) is 0 Å². The lowest BCUT2D eigenvalue weighted by Gasteiger charge is -2.17. The lowest BCUT2D eigenvalue weighted by molar-refractivity contribution is 0.221. The Morgan fingerprint density at radius 1 is 1.20 bits per heavy atom. The largest absolute Gasteiger partial charge is 0.424 e. The summed E-state index contributed by atoms with van der Waals surface area (Å²) < 4.78 is 6.22. The van der Waals surface area contributed by atoms with Crippen LogP contribution in [-0.2, 0) is 6.54 Å². The van der Waals surface area contributed by atoms with Crippen LogP contribution in [0.5, 0.6) is 11.8 Å². The van der Waals surface area contributed by atoms with E-state index in [0.717, 1.165) is 4.88 Å². The summed E-state index contributed by atoms with van der Waals surface area (Å²) in [5.74, 6) is 0.589. The Bertz CT molecular complexity index is 839. The highest BCUT2D eigenvalue weighted by Gasteiger charge is 2.11. The summed E-state index contributed by atoms with van der Waals surface area (Å²) in [4.78, 5) is 22.8. The topological polar surface area (TPSA) is 67.4 Å². The predicted molar refractivity (Wildman–Crippen MR) is 98.4 cm³/mol. The van der Waals surface area contributed by atoms with E-state index >= 15 is 0 Å². The summed E-state index contributed by atoms with van der Waals surface area (Å²) >= 11 is 7.36. The molecule has 0 unspecified atom stereocenters.